The van der Waals surface area contributed by atoms with E-state index < -0.39 is 10.3 Å². The SMILES string of the molecule is CC(C)(Cc1ccccc1)C(=O)N1CCN(c2ccc([N+](=O)[O-])cn2)CC1. The van der Waals surface area contributed by atoms with Gasteiger partial charge in [-0.3, -0.25) is 14.9 Å². The van der Waals surface area contributed by atoms with Crippen LogP contribution in [0.1, 0.15) is 19.4 Å². The van der Waals surface area contributed by atoms with Crippen LogP contribution >= 0.6 is 0 Å². The molecule has 1 fully saturated rings. The maximum Gasteiger partial charge on any atom is 0.287 e. The molecule has 1 aromatic carbocycles. The Morgan fingerprint density at radius 3 is 2.33 bits per heavy atom. The van der Waals surface area contributed by atoms with Gasteiger partial charge >= 0.3 is 0 Å². The highest BCUT2D eigenvalue weighted by Gasteiger charge is 2.34. The van der Waals surface area contributed by atoms with Gasteiger partial charge in [-0.2, -0.15) is 0 Å². The summed E-state index contributed by atoms with van der Waals surface area (Å²) in [5.41, 5.74) is 0.676. The fourth-order valence-corrected chi connectivity index (χ4v) is 3.42. The normalized spacial score (nSPS) is 14.9. The second-order valence-corrected chi connectivity index (χ2v) is 7.46. The fourth-order valence-electron chi connectivity index (χ4n) is 3.42. The molecule has 1 saturated heterocycles. The lowest BCUT2D eigenvalue weighted by Gasteiger charge is -2.39. The maximum atomic E-state index is 13.0. The molecule has 0 unspecified atom stereocenters. The van der Waals surface area contributed by atoms with Crippen LogP contribution in [0.25, 0.3) is 0 Å². The summed E-state index contributed by atoms with van der Waals surface area (Å²) >= 11 is 0. The highest BCUT2D eigenvalue weighted by atomic mass is 16.6. The Labute approximate surface area is 158 Å². The molecule has 1 amide bonds. The summed E-state index contributed by atoms with van der Waals surface area (Å²) in [6, 6.07) is 13.2. The van der Waals surface area contributed by atoms with Gasteiger partial charge in [0.1, 0.15) is 12.0 Å². The third-order valence-corrected chi connectivity index (χ3v) is 4.90. The quantitative estimate of drug-likeness (QED) is 0.599. The van der Waals surface area contributed by atoms with Gasteiger partial charge in [-0.05, 0) is 18.1 Å². The minimum Gasteiger partial charge on any atom is -0.353 e. The van der Waals surface area contributed by atoms with E-state index in [-0.39, 0.29) is 11.6 Å². The van der Waals surface area contributed by atoms with Gasteiger partial charge in [-0.15, -0.1) is 0 Å². The summed E-state index contributed by atoms with van der Waals surface area (Å²) in [5.74, 6) is 0.860. The van der Waals surface area contributed by atoms with Gasteiger partial charge in [0.15, 0.2) is 0 Å². The second-order valence-electron chi connectivity index (χ2n) is 7.46. The Bertz CT molecular complexity index is 798. The number of benzene rings is 1. The average molecular weight is 368 g/mol. The first-order valence-electron chi connectivity index (χ1n) is 9.05. The van der Waals surface area contributed by atoms with Gasteiger partial charge in [0, 0.05) is 37.7 Å². The van der Waals surface area contributed by atoms with Crippen molar-refractivity contribution in [1.82, 2.24) is 9.88 Å². The zero-order valence-corrected chi connectivity index (χ0v) is 15.7. The predicted molar refractivity (Wildman–Crippen MR) is 104 cm³/mol. The summed E-state index contributed by atoms with van der Waals surface area (Å²) in [6.45, 7) is 6.56. The number of carbonyl (C=O) groups excluding carboxylic acids is 1. The van der Waals surface area contributed by atoms with Crippen molar-refractivity contribution in [2.45, 2.75) is 20.3 Å². The summed E-state index contributed by atoms with van der Waals surface area (Å²) in [7, 11) is 0. The first-order chi connectivity index (χ1) is 12.9. The molecular weight excluding hydrogens is 344 g/mol. The molecule has 142 valence electrons. The van der Waals surface area contributed by atoms with Crippen molar-refractivity contribution in [3.05, 3.63) is 64.3 Å². The third-order valence-electron chi connectivity index (χ3n) is 4.90. The highest BCUT2D eigenvalue weighted by Crippen LogP contribution is 2.26. The van der Waals surface area contributed by atoms with Crippen molar-refractivity contribution in [2.75, 3.05) is 31.1 Å². The zero-order valence-electron chi connectivity index (χ0n) is 15.7. The summed E-state index contributed by atoms with van der Waals surface area (Å²) in [4.78, 5) is 31.4. The van der Waals surface area contributed by atoms with E-state index in [0.717, 1.165) is 5.56 Å². The number of nitro groups is 1. The Kier molecular flexibility index (Phi) is 5.39. The minimum atomic E-state index is -0.463. The van der Waals surface area contributed by atoms with Crippen LogP contribution in [-0.4, -0.2) is 46.9 Å². The summed E-state index contributed by atoms with van der Waals surface area (Å²) in [5, 5.41) is 10.7. The van der Waals surface area contributed by atoms with Crippen molar-refractivity contribution < 1.29 is 9.72 Å². The second kappa shape index (κ2) is 7.73. The van der Waals surface area contributed by atoms with Crippen LogP contribution in [0, 0.1) is 15.5 Å². The molecule has 1 aromatic heterocycles. The lowest BCUT2D eigenvalue weighted by atomic mass is 9.84. The first kappa shape index (κ1) is 18.8. The Hall–Kier alpha value is -2.96. The number of hydrogen-bond acceptors (Lipinski definition) is 5. The summed E-state index contributed by atoms with van der Waals surface area (Å²) < 4.78 is 0. The monoisotopic (exact) mass is 368 g/mol. The zero-order chi connectivity index (χ0) is 19.4. The van der Waals surface area contributed by atoms with Crippen LogP contribution in [0.5, 0.6) is 0 Å². The number of carbonyl (C=O) groups is 1. The number of nitrogens with zero attached hydrogens (tertiary/aromatic N) is 4. The molecule has 0 N–H and O–H groups in total. The van der Waals surface area contributed by atoms with Crippen molar-refractivity contribution in [3.8, 4) is 0 Å². The molecule has 0 aliphatic carbocycles. The lowest BCUT2D eigenvalue weighted by Crippen LogP contribution is -2.52. The van der Waals surface area contributed by atoms with E-state index in [9.17, 15) is 14.9 Å². The molecule has 1 aliphatic rings. The van der Waals surface area contributed by atoms with Crippen molar-refractivity contribution >= 4 is 17.4 Å². The molecule has 27 heavy (non-hydrogen) atoms. The van der Waals surface area contributed by atoms with Gasteiger partial charge < -0.3 is 9.80 Å². The van der Waals surface area contributed by atoms with Gasteiger partial charge in [0.05, 0.1) is 4.92 Å². The van der Waals surface area contributed by atoms with Gasteiger partial charge in [-0.25, -0.2) is 4.98 Å². The largest absolute Gasteiger partial charge is 0.353 e. The molecule has 7 heteroatoms. The van der Waals surface area contributed by atoms with E-state index in [2.05, 4.69) is 9.88 Å². The Balaban J connectivity index is 1.59. The van der Waals surface area contributed by atoms with Crippen LogP contribution in [-0.2, 0) is 11.2 Å². The van der Waals surface area contributed by atoms with Crippen molar-refractivity contribution in [3.63, 3.8) is 0 Å². The maximum absolute atomic E-state index is 13.0. The van der Waals surface area contributed by atoms with Crippen molar-refractivity contribution in [1.29, 1.82) is 0 Å². The van der Waals surface area contributed by atoms with Crippen molar-refractivity contribution in [2.24, 2.45) is 5.41 Å². The first-order valence-corrected chi connectivity index (χ1v) is 9.05. The number of anilines is 1. The molecule has 7 nitrogen and oxygen atoms in total. The van der Waals surface area contributed by atoms with Gasteiger partial charge in [0.25, 0.3) is 5.69 Å². The Morgan fingerprint density at radius 1 is 1.11 bits per heavy atom. The standard InChI is InChI=1S/C20H24N4O3/c1-20(2,14-16-6-4-3-5-7-16)19(25)23-12-10-22(11-13-23)18-9-8-17(15-21-18)24(26)27/h3-9,15H,10-14H2,1-2H3. The highest BCUT2D eigenvalue weighted by molar-refractivity contribution is 5.82. The third kappa shape index (κ3) is 4.42. The van der Waals surface area contributed by atoms with Gasteiger partial charge in [0.2, 0.25) is 5.91 Å². The molecular formula is C20H24N4O3. The molecule has 3 rings (SSSR count). The molecule has 0 radical (unpaired) electrons. The van der Waals surface area contributed by atoms with Gasteiger partial charge in [-0.1, -0.05) is 44.2 Å². The smallest absolute Gasteiger partial charge is 0.287 e. The Morgan fingerprint density at radius 2 is 1.78 bits per heavy atom. The average Bonchev–Trinajstić information content (AvgIpc) is 2.68. The molecule has 0 bridgehead atoms. The number of aromatic nitrogens is 1. The van der Waals surface area contributed by atoms with Crippen LogP contribution < -0.4 is 4.90 Å². The molecule has 2 heterocycles. The minimum absolute atomic E-state index is 0.0183. The van der Waals surface area contributed by atoms with Crippen LogP contribution in [0.2, 0.25) is 0 Å². The fraction of sp³-hybridized carbons (Fsp3) is 0.400. The molecule has 0 saturated carbocycles. The molecule has 0 spiro atoms. The number of rotatable bonds is 5. The van der Waals surface area contributed by atoms with Crippen LogP contribution in [0.3, 0.4) is 0 Å². The van der Waals surface area contributed by atoms with E-state index in [1.165, 1.54) is 12.3 Å². The number of piperazine rings is 1. The summed E-state index contributed by atoms with van der Waals surface area (Å²) in [6.07, 6.45) is 1.98. The van der Waals surface area contributed by atoms with E-state index in [0.29, 0.717) is 38.4 Å². The van der Waals surface area contributed by atoms with E-state index in [4.69, 9.17) is 0 Å². The lowest BCUT2D eigenvalue weighted by molar-refractivity contribution is -0.385. The predicted octanol–water partition coefficient (Wildman–Crippen LogP) is 2.91. The number of pyridine rings is 1. The van der Waals surface area contributed by atoms with E-state index in [1.807, 2.05) is 49.1 Å². The molecule has 2 aromatic rings. The van der Waals surface area contributed by atoms with Crippen LogP contribution in [0.4, 0.5) is 11.5 Å². The van der Waals surface area contributed by atoms with E-state index >= 15 is 0 Å². The van der Waals surface area contributed by atoms with Crippen LogP contribution in [0.15, 0.2) is 48.7 Å². The number of amides is 1. The molecule has 0 atom stereocenters. The topological polar surface area (TPSA) is 79.6 Å². The van der Waals surface area contributed by atoms with E-state index in [1.54, 1.807) is 6.07 Å². The molecule has 1 aliphatic heterocycles. The number of hydrogen-bond donors (Lipinski definition) is 0.